The van der Waals surface area contributed by atoms with Gasteiger partial charge in [0.05, 0.1) is 0 Å². The maximum atomic E-state index is 5.63. The average Bonchev–Trinajstić information content (AvgIpc) is 2.59. The van der Waals surface area contributed by atoms with E-state index in [0.29, 0.717) is 0 Å². The van der Waals surface area contributed by atoms with Crippen LogP contribution in [0, 0.1) is 6.92 Å². The van der Waals surface area contributed by atoms with Crippen molar-refractivity contribution in [2.24, 2.45) is 0 Å². The van der Waals surface area contributed by atoms with Gasteiger partial charge in [-0.05, 0) is 54.4 Å². The zero-order valence-corrected chi connectivity index (χ0v) is 13.8. The number of rotatable bonds is 2. The third-order valence-electron chi connectivity index (χ3n) is 3.42. The van der Waals surface area contributed by atoms with Crippen molar-refractivity contribution in [2.75, 3.05) is 17.2 Å². The van der Waals surface area contributed by atoms with Crippen LogP contribution in [0.4, 0.5) is 17.1 Å². The number of benzene rings is 3. The number of anilines is 3. The second-order valence-corrected chi connectivity index (χ2v) is 5.58. The molecule has 0 saturated carbocycles. The summed E-state index contributed by atoms with van der Waals surface area (Å²) in [5.74, 6) is 0. The molecule has 3 rings (SSSR count). The Kier molecular flexibility index (Phi) is 6.03. The van der Waals surface area contributed by atoms with Crippen LogP contribution in [0.25, 0.3) is 12.2 Å². The lowest BCUT2D eigenvalue weighted by Gasteiger charge is -1.96. The molecule has 0 aliphatic heterocycles. The molecule has 0 radical (unpaired) electrons. The molecule has 122 valence electrons. The van der Waals surface area contributed by atoms with Gasteiger partial charge in [0.25, 0.3) is 0 Å². The van der Waals surface area contributed by atoms with E-state index in [9.17, 15) is 0 Å². The van der Waals surface area contributed by atoms with Crippen molar-refractivity contribution in [1.29, 1.82) is 0 Å². The molecular formula is C21H23N3. The highest BCUT2D eigenvalue weighted by Crippen LogP contribution is 2.11. The predicted octanol–water partition coefficient (Wildman–Crippen LogP) is 4.60. The number of aryl methyl sites for hydroxylation is 1. The van der Waals surface area contributed by atoms with E-state index in [2.05, 4.69) is 43.3 Å². The van der Waals surface area contributed by atoms with Gasteiger partial charge in [-0.25, -0.2) is 0 Å². The van der Waals surface area contributed by atoms with E-state index < -0.39 is 0 Å². The van der Waals surface area contributed by atoms with Crippen molar-refractivity contribution in [3.63, 3.8) is 0 Å². The maximum Gasteiger partial charge on any atom is 0.0315 e. The minimum Gasteiger partial charge on any atom is -0.399 e. The first-order valence-electron chi connectivity index (χ1n) is 7.74. The lowest BCUT2D eigenvalue weighted by molar-refractivity contribution is 1.46. The summed E-state index contributed by atoms with van der Waals surface area (Å²) in [7, 11) is 0. The molecule has 0 aliphatic rings. The summed E-state index contributed by atoms with van der Waals surface area (Å²) < 4.78 is 0. The quantitative estimate of drug-likeness (QED) is 0.477. The topological polar surface area (TPSA) is 78.1 Å². The van der Waals surface area contributed by atoms with Crippen LogP contribution >= 0.6 is 0 Å². The Morgan fingerprint density at radius 3 is 1.17 bits per heavy atom. The summed E-state index contributed by atoms with van der Waals surface area (Å²) in [5.41, 5.74) is 22.3. The molecule has 0 fully saturated rings. The van der Waals surface area contributed by atoms with Crippen LogP contribution in [0.5, 0.6) is 0 Å². The molecule has 0 saturated heterocycles. The molecule has 0 aromatic heterocycles. The Bertz CT molecular complexity index is 702. The first-order chi connectivity index (χ1) is 11.5. The molecule has 3 nitrogen and oxygen atoms in total. The number of hydrogen-bond donors (Lipinski definition) is 3. The SMILES string of the molecule is Cc1ccc(/C=C/c2ccc(N)cc2)cc1.Nc1ccc(N)cc1. The van der Waals surface area contributed by atoms with E-state index in [-0.39, 0.29) is 0 Å². The van der Waals surface area contributed by atoms with Crippen LogP contribution in [-0.4, -0.2) is 0 Å². The van der Waals surface area contributed by atoms with Crippen molar-refractivity contribution in [1.82, 2.24) is 0 Å². The molecule has 3 aromatic carbocycles. The molecule has 0 heterocycles. The Labute approximate surface area is 143 Å². The van der Waals surface area contributed by atoms with Crippen molar-refractivity contribution in [3.8, 4) is 0 Å². The molecule has 0 bridgehead atoms. The molecule has 0 aliphatic carbocycles. The van der Waals surface area contributed by atoms with Crippen LogP contribution in [-0.2, 0) is 0 Å². The highest BCUT2D eigenvalue weighted by atomic mass is 14.6. The van der Waals surface area contributed by atoms with Crippen LogP contribution in [0.15, 0.2) is 72.8 Å². The van der Waals surface area contributed by atoms with Gasteiger partial charge in [0, 0.05) is 17.1 Å². The zero-order chi connectivity index (χ0) is 17.4. The number of hydrogen-bond acceptors (Lipinski definition) is 3. The van der Waals surface area contributed by atoms with E-state index in [1.54, 1.807) is 24.3 Å². The lowest BCUT2D eigenvalue weighted by atomic mass is 10.1. The lowest BCUT2D eigenvalue weighted by Crippen LogP contribution is -1.86. The van der Waals surface area contributed by atoms with Crippen LogP contribution in [0.2, 0.25) is 0 Å². The summed E-state index contributed by atoms with van der Waals surface area (Å²) in [6, 6.07) is 23.4. The van der Waals surface area contributed by atoms with Gasteiger partial charge in [0.15, 0.2) is 0 Å². The zero-order valence-electron chi connectivity index (χ0n) is 13.8. The highest BCUT2D eigenvalue weighted by molar-refractivity contribution is 5.70. The fraction of sp³-hybridized carbons (Fsp3) is 0.0476. The van der Waals surface area contributed by atoms with Gasteiger partial charge in [0.1, 0.15) is 0 Å². The average molecular weight is 317 g/mol. The van der Waals surface area contributed by atoms with Gasteiger partial charge < -0.3 is 17.2 Å². The van der Waals surface area contributed by atoms with Crippen LogP contribution in [0.1, 0.15) is 16.7 Å². The minimum atomic E-state index is 0.749. The second kappa shape index (κ2) is 8.44. The van der Waals surface area contributed by atoms with Crippen LogP contribution in [0.3, 0.4) is 0 Å². The third-order valence-corrected chi connectivity index (χ3v) is 3.42. The Balaban J connectivity index is 0.000000219. The predicted molar refractivity (Wildman–Crippen MR) is 106 cm³/mol. The molecule has 0 unspecified atom stereocenters. The van der Waals surface area contributed by atoms with Gasteiger partial charge >= 0.3 is 0 Å². The Hall–Kier alpha value is -3.20. The van der Waals surface area contributed by atoms with Gasteiger partial charge in [0.2, 0.25) is 0 Å². The van der Waals surface area contributed by atoms with Gasteiger partial charge in [-0.3, -0.25) is 0 Å². The Morgan fingerprint density at radius 2 is 0.792 bits per heavy atom. The highest BCUT2D eigenvalue weighted by Gasteiger charge is 1.88. The minimum absolute atomic E-state index is 0.749. The van der Waals surface area contributed by atoms with E-state index in [1.165, 1.54) is 11.1 Å². The monoisotopic (exact) mass is 317 g/mol. The first kappa shape index (κ1) is 17.2. The Morgan fingerprint density at radius 1 is 0.500 bits per heavy atom. The fourth-order valence-corrected chi connectivity index (χ4v) is 1.97. The molecule has 3 heteroatoms. The standard InChI is InChI=1S/C15H15N.C6H8N2/c1-12-2-4-13(5-3-12)6-7-14-8-10-15(16)11-9-14;7-5-1-2-6(8)4-3-5/h2-11H,16H2,1H3;1-4H,7-8H2/b7-6+;. The normalized spacial score (nSPS) is 10.2. The summed E-state index contributed by atoms with van der Waals surface area (Å²) in [4.78, 5) is 0. The second-order valence-electron chi connectivity index (χ2n) is 5.58. The smallest absolute Gasteiger partial charge is 0.0315 e. The van der Waals surface area contributed by atoms with Gasteiger partial charge in [-0.15, -0.1) is 0 Å². The molecule has 0 atom stereocenters. The molecule has 24 heavy (non-hydrogen) atoms. The number of nitrogens with two attached hydrogens (primary N) is 3. The fourth-order valence-electron chi connectivity index (χ4n) is 1.97. The molecule has 6 N–H and O–H groups in total. The first-order valence-corrected chi connectivity index (χ1v) is 7.74. The molecule has 0 amide bonds. The third kappa shape index (κ3) is 5.89. The molecule has 0 spiro atoms. The van der Waals surface area contributed by atoms with Crippen LogP contribution < -0.4 is 17.2 Å². The van der Waals surface area contributed by atoms with E-state index in [4.69, 9.17) is 17.2 Å². The number of nitrogen functional groups attached to an aromatic ring is 3. The largest absolute Gasteiger partial charge is 0.399 e. The van der Waals surface area contributed by atoms with Gasteiger partial charge in [-0.1, -0.05) is 54.1 Å². The van der Waals surface area contributed by atoms with E-state index in [0.717, 1.165) is 22.6 Å². The summed E-state index contributed by atoms with van der Waals surface area (Å²) >= 11 is 0. The van der Waals surface area contributed by atoms with Crippen molar-refractivity contribution in [3.05, 3.63) is 89.5 Å². The maximum absolute atomic E-state index is 5.63. The summed E-state index contributed by atoms with van der Waals surface area (Å²) in [5, 5.41) is 0. The van der Waals surface area contributed by atoms with E-state index >= 15 is 0 Å². The van der Waals surface area contributed by atoms with Gasteiger partial charge in [-0.2, -0.15) is 0 Å². The molecule has 3 aromatic rings. The van der Waals surface area contributed by atoms with E-state index in [1.807, 2.05) is 24.3 Å². The summed E-state index contributed by atoms with van der Waals surface area (Å²) in [6.07, 6.45) is 4.19. The summed E-state index contributed by atoms with van der Waals surface area (Å²) in [6.45, 7) is 2.09. The van der Waals surface area contributed by atoms with Crippen molar-refractivity contribution < 1.29 is 0 Å². The van der Waals surface area contributed by atoms with Crippen molar-refractivity contribution >= 4 is 29.2 Å². The molecular weight excluding hydrogens is 294 g/mol. The van der Waals surface area contributed by atoms with Crippen molar-refractivity contribution in [2.45, 2.75) is 6.92 Å².